The summed E-state index contributed by atoms with van der Waals surface area (Å²) in [5, 5.41) is 0. The van der Waals surface area contributed by atoms with Crippen molar-refractivity contribution in [2.45, 2.75) is 31.5 Å². The number of rotatable bonds is 5. The van der Waals surface area contributed by atoms with E-state index in [0.29, 0.717) is 6.42 Å². The van der Waals surface area contributed by atoms with E-state index in [9.17, 15) is 13.2 Å². The van der Waals surface area contributed by atoms with E-state index in [2.05, 4.69) is 0 Å². The quantitative estimate of drug-likeness (QED) is 0.809. The third-order valence-electron chi connectivity index (χ3n) is 4.47. The highest BCUT2D eigenvalue weighted by Crippen LogP contribution is 2.27. The molecular weight excluding hydrogens is 316 g/mol. The van der Waals surface area contributed by atoms with E-state index in [1.54, 1.807) is 11.9 Å². The summed E-state index contributed by atoms with van der Waals surface area (Å²) in [5.41, 5.74) is 1.01. The highest BCUT2D eigenvalue weighted by Gasteiger charge is 2.43. The van der Waals surface area contributed by atoms with Crippen LogP contribution in [0.4, 0.5) is 0 Å². The monoisotopic (exact) mass is 340 g/mol. The lowest BCUT2D eigenvalue weighted by atomic mass is 10.1. The van der Waals surface area contributed by atoms with E-state index in [4.69, 9.17) is 4.74 Å². The van der Waals surface area contributed by atoms with Crippen LogP contribution in [0.3, 0.4) is 0 Å². The van der Waals surface area contributed by atoms with Gasteiger partial charge >= 0.3 is 0 Å². The average molecular weight is 340 g/mol. The van der Waals surface area contributed by atoms with E-state index < -0.39 is 16.1 Å². The summed E-state index contributed by atoms with van der Waals surface area (Å²) in [5.74, 6) is -0.202. The standard InChI is InChI=1S/C16H24N2O4S/c1-12(13-8-6-5-7-9-13)17(2)16(19)15-10-14(22-3)11-18(15)23(4,20)21/h5-9,12,14-15H,10-11H2,1-4H3/t12-,14+,15-/m1/s1. The second kappa shape index (κ2) is 6.98. The summed E-state index contributed by atoms with van der Waals surface area (Å²) in [7, 11) is -0.213. The van der Waals surface area contributed by atoms with Gasteiger partial charge in [0.2, 0.25) is 15.9 Å². The van der Waals surface area contributed by atoms with Crippen LogP contribution in [0.25, 0.3) is 0 Å². The van der Waals surface area contributed by atoms with Crippen LogP contribution >= 0.6 is 0 Å². The molecule has 1 aromatic carbocycles. The zero-order valence-corrected chi connectivity index (χ0v) is 14.8. The van der Waals surface area contributed by atoms with Crippen molar-refractivity contribution >= 4 is 15.9 Å². The first kappa shape index (κ1) is 17.9. The van der Waals surface area contributed by atoms with Crippen molar-refractivity contribution in [3.05, 3.63) is 35.9 Å². The van der Waals surface area contributed by atoms with Crippen molar-refractivity contribution in [1.82, 2.24) is 9.21 Å². The molecule has 6 nitrogen and oxygen atoms in total. The van der Waals surface area contributed by atoms with Crippen LogP contribution in [-0.4, -0.2) is 62.6 Å². The van der Waals surface area contributed by atoms with E-state index >= 15 is 0 Å². The van der Waals surface area contributed by atoms with Crippen molar-refractivity contribution in [3.8, 4) is 0 Å². The number of benzene rings is 1. The third kappa shape index (κ3) is 3.91. The lowest BCUT2D eigenvalue weighted by molar-refractivity contribution is -0.135. The maximum atomic E-state index is 12.8. The molecular formula is C16H24N2O4S. The second-order valence-electron chi connectivity index (χ2n) is 5.98. The first-order chi connectivity index (χ1) is 10.8. The molecule has 0 aromatic heterocycles. The number of carbonyl (C=O) groups is 1. The summed E-state index contributed by atoms with van der Waals surface area (Å²) in [6.07, 6.45) is 1.26. The van der Waals surface area contributed by atoms with Crippen LogP contribution < -0.4 is 0 Å². The molecule has 1 aliphatic rings. The summed E-state index contributed by atoms with van der Waals surface area (Å²) in [6.45, 7) is 2.15. The van der Waals surface area contributed by atoms with Gasteiger partial charge in [0, 0.05) is 27.1 Å². The van der Waals surface area contributed by atoms with Crippen LogP contribution in [0.15, 0.2) is 30.3 Å². The van der Waals surface area contributed by atoms with E-state index in [1.165, 1.54) is 11.4 Å². The molecule has 2 rings (SSSR count). The van der Waals surface area contributed by atoms with Gasteiger partial charge in [0.05, 0.1) is 18.4 Å². The fourth-order valence-corrected chi connectivity index (χ4v) is 3.99. The third-order valence-corrected chi connectivity index (χ3v) is 5.73. The SMILES string of the molecule is CO[C@H]1C[C@H](C(=O)N(C)[C@H](C)c2ccccc2)N(S(C)(=O)=O)C1. The molecule has 0 aliphatic carbocycles. The minimum absolute atomic E-state index is 0.133. The molecule has 1 fully saturated rings. The van der Waals surface area contributed by atoms with Crippen molar-refractivity contribution in [1.29, 1.82) is 0 Å². The van der Waals surface area contributed by atoms with Crippen LogP contribution in [0.5, 0.6) is 0 Å². The Morgan fingerprint density at radius 1 is 1.35 bits per heavy atom. The zero-order valence-electron chi connectivity index (χ0n) is 14.0. The Labute approximate surface area is 138 Å². The highest BCUT2D eigenvalue weighted by molar-refractivity contribution is 7.88. The average Bonchev–Trinajstić information content (AvgIpc) is 2.98. The number of nitrogens with zero attached hydrogens (tertiary/aromatic N) is 2. The minimum atomic E-state index is -3.46. The molecule has 0 radical (unpaired) electrons. The minimum Gasteiger partial charge on any atom is -0.380 e. The number of likely N-dealkylation sites (N-methyl/N-ethyl adjacent to an activating group) is 1. The van der Waals surface area contributed by atoms with Gasteiger partial charge in [-0.15, -0.1) is 0 Å². The lowest BCUT2D eigenvalue weighted by Gasteiger charge is -2.30. The summed E-state index contributed by atoms with van der Waals surface area (Å²) >= 11 is 0. The van der Waals surface area contributed by atoms with Crippen molar-refractivity contribution in [2.24, 2.45) is 0 Å². The van der Waals surface area contributed by atoms with Crippen molar-refractivity contribution in [3.63, 3.8) is 0 Å². The van der Waals surface area contributed by atoms with Crippen LogP contribution in [0.2, 0.25) is 0 Å². The Hall–Kier alpha value is -1.44. The lowest BCUT2D eigenvalue weighted by Crippen LogP contribution is -2.46. The molecule has 0 unspecified atom stereocenters. The molecule has 23 heavy (non-hydrogen) atoms. The molecule has 1 aromatic rings. The number of amides is 1. The number of hydrogen-bond donors (Lipinski definition) is 0. The predicted molar refractivity (Wildman–Crippen MR) is 88.4 cm³/mol. The molecule has 128 valence electrons. The fraction of sp³-hybridized carbons (Fsp3) is 0.562. The number of carbonyl (C=O) groups excluding carboxylic acids is 1. The van der Waals surface area contributed by atoms with Gasteiger partial charge in [-0.1, -0.05) is 30.3 Å². The molecule has 0 spiro atoms. The van der Waals surface area contributed by atoms with Gasteiger partial charge in [-0.05, 0) is 12.5 Å². The maximum Gasteiger partial charge on any atom is 0.241 e. The van der Waals surface area contributed by atoms with Gasteiger partial charge in [-0.2, -0.15) is 4.31 Å². The summed E-state index contributed by atoms with van der Waals surface area (Å²) < 4.78 is 30.5. The fourth-order valence-electron chi connectivity index (χ4n) is 2.91. The first-order valence-corrected chi connectivity index (χ1v) is 9.41. The molecule has 0 bridgehead atoms. The van der Waals surface area contributed by atoms with Crippen molar-refractivity contribution in [2.75, 3.05) is 27.0 Å². The van der Waals surface area contributed by atoms with E-state index in [0.717, 1.165) is 11.8 Å². The van der Waals surface area contributed by atoms with E-state index in [-0.39, 0.29) is 24.6 Å². The molecule has 7 heteroatoms. The van der Waals surface area contributed by atoms with Crippen LogP contribution in [0.1, 0.15) is 24.9 Å². The summed E-state index contributed by atoms with van der Waals surface area (Å²) in [4.78, 5) is 14.5. The Balaban J connectivity index is 2.20. The Bertz CT molecular complexity index is 647. The van der Waals surface area contributed by atoms with Gasteiger partial charge in [-0.25, -0.2) is 8.42 Å². The molecule has 3 atom stereocenters. The number of ether oxygens (including phenoxy) is 1. The first-order valence-electron chi connectivity index (χ1n) is 7.57. The Morgan fingerprint density at radius 3 is 2.48 bits per heavy atom. The number of methoxy groups -OCH3 is 1. The number of hydrogen-bond acceptors (Lipinski definition) is 4. The topological polar surface area (TPSA) is 66.9 Å². The number of sulfonamides is 1. The van der Waals surface area contributed by atoms with Gasteiger partial charge in [0.1, 0.15) is 6.04 Å². The predicted octanol–water partition coefficient (Wildman–Crippen LogP) is 1.25. The second-order valence-corrected chi connectivity index (χ2v) is 7.91. The van der Waals surface area contributed by atoms with E-state index in [1.807, 2.05) is 37.3 Å². The van der Waals surface area contributed by atoms with Gasteiger partial charge < -0.3 is 9.64 Å². The normalized spacial score (nSPS) is 23.7. The van der Waals surface area contributed by atoms with Gasteiger partial charge in [-0.3, -0.25) is 4.79 Å². The summed E-state index contributed by atoms with van der Waals surface area (Å²) in [6, 6.07) is 8.83. The van der Waals surface area contributed by atoms with Crippen LogP contribution in [-0.2, 0) is 19.6 Å². The largest absolute Gasteiger partial charge is 0.380 e. The molecule has 0 saturated carbocycles. The Morgan fingerprint density at radius 2 is 1.96 bits per heavy atom. The van der Waals surface area contributed by atoms with Crippen molar-refractivity contribution < 1.29 is 17.9 Å². The van der Waals surface area contributed by atoms with Gasteiger partial charge in [0.15, 0.2) is 0 Å². The molecule has 1 amide bonds. The molecule has 1 aliphatic heterocycles. The molecule has 0 N–H and O–H groups in total. The van der Waals surface area contributed by atoms with Crippen LogP contribution in [0, 0.1) is 0 Å². The highest BCUT2D eigenvalue weighted by atomic mass is 32.2. The zero-order chi connectivity index (χ0) is 17.2. The molecule has 1 heterocycles. The molecule has 1 saturated heterocycles. The Kier molecular flexibility index (Phi) is 5.44. The maximum absolute atomic E-state index is 12.8. The smallest absolute Gasteiger partial charge is 0.241 e. The van der Waals surface area contributed by atoms with Gasteiger partial charge in [0.25, 0.3) is 0 Å².